The number of sulfonamides is 1. The highest BCUT2D eigenvalue weighted by molar-refractivity contribution is 7.92. The molecule has 0 radical (unpaired) electrons. The molecule has 1 aliphatic rings. The first-order valence-corrected chi connectivity index (χ1v) is 11.1. The molecule has 1 fully saturated rings. The van der Waals surface area contributed by atoms with Crippen molar-refractivity contribution in [3.05, 3.63) is 52.6 Å². The third-order valence-electron chi connectivity index (χ3n) is 5.03. The fourth-order valence-corrected chi connectivity index (χ4v) is 4.34. The van der Waals surface area contributed by atoms with Crippen molar-refractivity contribution in [3.63, 3.8) is 0 Å². The van der Waals surface area contributed by atoms with Crippen molar-refractivity contribution >= 4 is 32.8 Å². The predicted octanol–water partition coefficient (Wildman–Crippen LogP) is 4.38. The SMILES string of the molecule is COc1ccc(NS(=O)(=O)c2ccc(N/N=C3\CCCC[C@@H]3C)c([N+](=O)[O-])c2)cc1. The molecule has 0 spiro atoms. The molecule has 0 aromatic heterocycles. The van der Waals surface area contributed by atoms with Gasteiger partial charge in [-0.1, -0.05) is 13.3 Å². The molecule has 10 heteroatoms. The van der Waals surface area contributed by atoms with Crippen molar-refractivity contribution in [1.29, 1.82) is 0 Å². The van der Waals surface area contributed by atoms with Crippen LogP contribution in [0.2, 0.25) is 0 Å². The number of hydrogen-bond acceptors (Lipinski definition) is 7. The Bertz CT molecular complexity index is 1050. The highest BCUT2D eigenvalue weighted by Gasteiger charge is 2.22. The summed E-state index contributed by atoms with van der Waals surface area (Å²) in [6, 6.07) is 10.0. The van der Waals surface area contributed by atoms with Crippen LogP contribution < -0.4 is 14.9 Å². The van der Waals surface area contributed by atoms with Crippen LogP contribution in [0.25, 0.3) is 0 Å². The molecule has 1 aliphatic carbocycles. The molecule has 2 aromatic rings. The lowest BCUT2D eigenvalue weighted by Gasteiger charge is -2.20. The summed E-state index contributed by atoms with van der Waals surface area (Å²) in [6.07, 6.45) is 4.08. The molecule has 1 atom stereocenters. The number of methoxy groups -OCH3 is 1. The van der Waals surface area contributed by atoms with Gasteiger partial charge in [-0.2, -0.15) is 5.10 Å². The van der Waals surface area contributed by atoms with E-state index >= 15 is 0 Å². The fraction of sp³-hybridized carbons (Fsp3) is 0.350. The van der Waals surface area contributed by atoms with E-state index in [1.54, 1.807) is 24.3 Å². The van der Waals surface area contributed by atoms with Crippen LogP contribution >= 0.6 is 0 Å². The lowest BCUT2D eigenvalue weighted by Crippen LogP contribution is -2.17. The number of nitro groups is 1. The maximum atomic E-state index is 12.7. The molecule has 0 heterocycles. The molecule has 30 heavy (non-hydrogen) atoms. The largest absolute Gasteiger partial charge is 0.497 e. The van der Waals surface area contributed by atoms with E-state index in [1.165, 1.54) is 19.2 Å². The Morgan fingerprint density at radius 1 is 1.17 bits per heavy atom. The molecule has 0 aliphatic heterocycles. The number of anilines is 2. The minimum Gasteiger partial charge on any atom is -0.497 e. The average Bonchev–Trinajstić information content (AvgIpc) is 2.73. The Kier molecular flexibility index (Phi) is 6.56. The molecule has 2 N–H and O–H groups in total. The minimum atomic E-state index is -4.01. The molecule has 2 aromatic carbocycles. The normalized spacial score (nSPS) is 18.1. The minimum absolute atomic E-state index is 0.147. The van der Waals surface area contributed by atoms with Gasteiger partial charge in [0.15, 0.2) is 0 Å². The Morgan fingerprint density at radius 3 is 2.53 bits per heavy atom. The molecule has 3 rings (SSSR count). The van der Waals surface area contributed by atoms with Crippen LogP contribution in [0.3, 0.4) is 0 Å². The smallest absolute Gasteiger partial charge is 0.295 e. The molecule has 0 saturated heterocycles. The molecule has 0 unspecified atom stereocenters. The van der Waals surface area contributed by atoms with Gasteiger partial charge in [0.2, 0.25) is 0 Å². The Morgan fingerprint density at radius 2 is 1.90 bits per heavy atom. The average molecular weight is 433 g/mol. The predicted molar refractivity (Wildman–Crippen MR) is 116 cm³/mol. The van der Waals surface area contributed by atoms with Crippen molar-refractivity contribution in [2.45, 2.75) is 37.5 Å². The zero-order valence-electron chi connectivity index (χ0n) is 16.8. The summed E-state index contributed by atoms with van der Waals surface area (Å²) in [5, 5.41) is 15.9. The molecule has 0 bridgehead atoms. The van der Waals surface area contributed by atoms with E-state index in [9.17, 15) is 18.5 Å². The van der Waals surface area contributed by atoms with Gasteiger partial charge in [-0.3, -0.25) is 20.3 Å². The van der Waals surface area contributed by atoms with E-state index < -0.39 is 14.9 Å². The number of hydrazone groups is 1. The van der Waals surface area contributed by atoms with E-state index in [2.05, 4.69) is 22.2 Å². The highest BCUT2D eigenvalue weighted by Crippen LogP contribution is 2.29. The Balaban J connectivity index is 1.84. The van der Waals surface area contributed by atoms with Gasteiger partial charge >= 0.3 is 0 Å². The number of benzene rings is 2. The standard InChI is InChI=1S/C20H24N4O5S/c1-14-5-3-4-6-18(14)21-22-19-12-11-17(13-20(19)24(25)26)30(27,28)23-15-7-9-16(29-2)10-8-15/h7-14,22-23H,3-6H2,1-2H3/b21-18+/t14-/m0/s1. The van der Waals surface area contributed by atoms with Crippen LogP contribution in [0, 0.1) is 16.0 Å². The first kappa shape index (κ1) is 21.6. The second kappa shape index (κ2) is 9.12. The van der Waals surface area contributed by atoms with Crippen molar-refractivity contribution in [2.75, 3.05) is 17.3 Å². The van der Waals surface area contributed by atoms with Crippen LogP contribution in [0.5, 0.6) is 5.75 Å². The summed E-state index contributed by atoms with van der Waals surface area (Å²) in [7, 11) is -2.50. The molecular weight excluding hydrogens is 408 g/mol. The van der Waals surface area contributed by atoms with E-state index in [4.69, 9.17) is 4.74 Å². The van der Waals surface area contributed by atoms with Crippen LogP contribution in [0.15, 0.2) is 52.5 Å². The Hall–Kier alpha value is -3.14. The van der Waals surface area contributed by atoms with E-state index in [-0.39, 0.29) is 16.3 Å². The lowest BCUT2D eigenvalue weighted by atomic mass is 9.89. The van der Waals surface area contributed by atoms with Crippen LogP contribution in [-0.2, 0) is 10.0 Å². The molecule has 1 saturated carbocycles. The molecule has 160 valence electrons. The monoisotopic (exact) mass is 432 g/mol. The molecular formula is C20H24N4O5S. The van der Waals surface area contributed by atoms with E-state index in [1.807, 2.05) is 0 Å². The zero-order valence-corrected chi connectivity index (χ0v) is 17.6. The lowest BCUT2D eigenvalue weighted by molar-refractivity contribution is -0.384. The number of hydrogen-bond donors (Lipinski definition) is 2. The number of ether oxygens (including phenoxy) is 1. The van der Waals surface area contributed by atoms with Gasteiger partial charge in [0, 0.05) is 17.5 Å². The summed E-state index contributed by atoms with van der Waals surface area (Å²) in [4.78, 5) is 10.7. The second-order valence-electron chi connectivity index (χ2n) is 7.13. The topological polar surface area (TPSA) is 123 Å². The van der Waals surface area contributed by atoms with Gasteiger partial charge < -0.3 is 4.74 Å². The summed E-state index contributed by atoms with van der Waals surface area (Å²) >= 11 is 0. The van der Waals surface area contributed by atoms with E-state index in [0.717, 1.165) is 37.5 Å². The number of nitrogens with one attached hydrogen (secondary N) is 2. The number of nitro benzene ring substituents is 1. The summed E-state index contributed by atoms with van der Waals surface area (Å²) in [5.41, 5.74) is 3.82. The van der Waals surface area contributed by atoms with Crippen LogP contribution in [-0.4, -0.2) is 26.2 Å². The third kappa shape index (κ3) is 5.07. The summed E-state index contributed by atoms with van der Waals surface area (Å²) in [6.45, 7) is 2.08. The maximum Gasteiger partial charge on any atom is 0.295 e. The quantitative estimate of drug-likeness (QED) is 0.494. The van der Waals surface area contributed by atoms with Crippen molar-refractivity contribution in [2.24, 2.45) is 11.0 Å². The van der Waals surface area contributed by atoms with Crippen molar-refractivity contribution in [1.82, 2.24) is 0 Å². The van der Waals surface area contributed by atoms with E-state index in [0.29, 0.717) is 17.4 Å². The number of rotatable bonds is 7. The third-order valence-corrected chi connectivity index (χ3v) is 6.41. The van der Waals surface area contributed by atoms with Gasteiger partial charge in [-0.05, 0) is 61.6 Å². The zero-order chi connectivity index (χ0) is 21.7. The fourth-order valence-electron chi connectivity index (χ4n) is 3.27. The number of nitrogens with zero attached hydrogens (tertiary/aromatic N) is 2. The van der Waals surface area contributed by atoms with Gasteiger partial charge in [0.1, 0.15) is 11.4 Å². The first-order valence-electron chi connectivity index (χ1n) is 9.58. The van der Waals surface area contributed by atoms with Crippen LogP contribution in [0.1, 0.15) is 32.6 Å². The van der Waals surface area contributed by atoms with Crippen LogP contribution in [0.4, 0.5) is 17.1 Å². The van der Waals surface area contributed by atoms with Gasteiger partial charge in [0.05, 0.1) is 16.9 Å². The second-order valence-corrected chi connectivity index (χ2v) is 8.81. The van der Waals surface area contributed by atoms with Crippen molar-refractivity contribution in [3.8, 4) is 5.75 Å². The Labute approximate surface area is 175 Å². The van der Waals surface area contributed by atoms with Gasteiger partial charge in [0.25, 0.3) is 15.7 Å². The van der Waals surface area contributed by atoms with Crippen molar-refractivity contribution < 1.29 is 18.1 Å². The summed E-state index contributed by atoms with van der Waals surface area (Å²) < 4.78 is 32.8. The van der Waals surface area contributed by atoms with Gasteiger partial charge in [-0.15, -0.1) is 0 Å². The highest BCUT2D eigenvalue weighted by atomic mass is 32.2. The molecule has 9 nitrogen and oxygen atoms in total. The maximum absolute atomic E-state index is 12.7. The first-order chi connectivity index (χ1) is 14.3. The molecule has 0 amide bonds. The van der Waals surface area contributed by atoms with Gasteiger partial charge in [-0.25, -0.2) is 8.42 Å². The summed E-state index contributed by atoms with van der Waals surface area (Å²) in [5.74, 6) is 0.900.